The van der Waals surface area contributed by atoms with Crippen molar-refractivity contribution in [3.63, 3.8) is 0 Å². The van der Waals surface area contributed by atoms with Gasteiger partial charge < -0.3 is 16.0 Å². The largest absolute Gasteiger partial charge is 0.352 e. The molecule has 1 rings (SSSR count). The van der Waals surface area contributed by atoms with E-state index >= 15 is 0 Å². The maximum Gasteiger partial charge on any atom is 0.312 e. The minimum atomic E-state index is -0.518. The Kier molecular flexibility index (Phi) is 3.11. The lowest BCUT2D eigenvalue weighted by Crippen LogP contribution is -2.50. The zero-order valence-corrected chi connectivity index (χ0v) is 7.75. The lowest BCUT2D eigenvalue weighted by Gasteiger charge is -2.31. The second-order valence-corrected chi connectivity index (χ2v) is 3.31. The van der Waals surface area contributed by atoms with Crippen LogP contribution in [0.5, 0.6) is 0 Å². The number of hydrogen-bond acceptors (Lipinski definition) is 2. The summed E-state index contributed by atoms with van der Waals surface area (Å²) in [6.07, 6.45) is 1.82. The van der Waals surface area contributed by atoms with Crippen LogP contribution in [0.1, 0.15) is 19.8 Å². The molecule has 1 aliphatic heterocycles. The van der Waals surface area contributed by atoms with Gasteiger partial charge in [-0.05, 0) is 12.8 Å². The molecular weight excluding hydrogens is 170 g/mol. The van der Waals surface area contributed by atoms with Gasteiger partial charge in [0.05, 0.1) is 0 Å². The van der Waals surface area contributed by atoms with Crippen LogP contribution < -0.4 is 11.1 Å². The van der Waals surface area contributed by atoms with Gasteiger partial charge in [0.2, 0.25) is 5.91 Å². The molecule has 13 heavy (non-hydrogen) atoms. The molecule has 0 bridgehead atoms. The van der Waals surface area contributed by atoms with Crippen molar-refractivity contribution < 1.29 is 9.59 Å². The first kappa shape index (κ1) is 9.83. The number of nitrogens with one attached hydrogen (secondary N) is 1. The Morgan fingerprint density at radius 3 is 2.77 bits per heavy atom. The number of nitrogens with two attached hydrogens (primary N) is 1. The zero-order valence-electron chi connectivity index (χ0n) is 7.75. The van der Waals surface area contributed by atoms with E-state index in [1.807, 2.05) is 0 Å². The lowest BCUT2D eigenvalue weighted by atomic mass is 10.1. The quantitative estimate of drug-likeness (QED) is 0.586. The molecule has 1 aliphatic rings. The first-order valence-corrected chi connectivity index (χ1v) is 4.41. The van der Waals surface area contributed by atoms with Gasteiger partial charge in [-0.3, -0.25) is 4.79 Å². The van der Waals surface area contributed by atoms with Crippen LogP contribution in [0.15, 0.2) is 0 Å². The third-order valence-corrected chi connectivity index (χ3v) is 2.21. The van der Waals surface area contributed by atoms with E-state index in [4.69, 9.17) is 5.73 Å². The molecule has 1 heterocycles. The summed E-state index contributed by atoms with van der Waals surface area (Å²) in [7, 11) is 0. The van der Waals surface area contributed by atoms with Crippen molar-refractivity contribution in [1.29, 1.82) is 0 Å². The lowest BCUT2D eigenvalue weighted by molar-refractivity contribution is -0.130. The highest BCUT2D eigenvalue weighted by Gasteiger charge is 2.21. The molecule has 0 aromatic rings. The van der Waals surface area contributed by atoms with E-state index in [0.717, 1.165) is 19.4 Å². The Hall–Kier alpha value is -1.26. The molecule has 1 unspecified atom stereocenters. The summed E-state index contributed by atoms with van der Waals surface area (Å²) in [6.45, 7) is 2.90. The van der Waals surface area contributed by atoms with Crippen LogP contribution >= 0.6 is 0 Å². The third-order valence-electron chi connectivity index (χ3n) is 2.21. The molecule has 0 aliphatic carbocycles. The first-order valence-electron chi connectivity index (χ1n) is 4.41. The first-order chi connectivity index (χ1) is 6.09. The predicted molar refractivity (Wildman–Crippen MR) is 48.0 cm³/mol. The predicted octanol–water partition coefficient (Wildman–Crippen LogP) is -0.334. The highest BCUT2D eigenvalue weighted by Crippen LogP contribution is 2.09. The Labute approximate surface area is 77.3 Å². The standard InChI is InChI=1S/C8H15N3O2/c1-6(12)11-4-2-3-7(5-11)10-8(9)13/h7H,2-5H2,1H3,(H3,9,10,13). The van der Waals surface area contributed by atoms with E-state index in [-0.39, 0.29) is 11.9 Å². The third kappa shape index (κ3) is 2.93. The van der Waals surface area contributed by atoms with Crippen LogP contribution in [-0.2, 0) is 4.79 Å². The second kappa shape index (κ2) is 4.11. The molecule has 5 nitrogen and oxygen atoms in total. The number of primary amides is 1. The van der Waals surface area contributed by atoms with Crippen LogP contribution in [0.2, 0.25) is 0 Å². The summed E-state index contributed by atoms with van der Waals surface area (Å²) in [6, 6.07) is -0.495. The molecule has 3 amide bonds. The molecule has 1 saturated heterocycles. The molecular formula is C8H15N3O2. The van der Waals surface area contributed by atoms with Gasteiger partial charge in [-0.15, -0.1) is 0 Å². The molecule has 3 N–H and O–H groups in total. The summed E-state index contributed by atoms with van der Waals surface area (Å²) in [5.41, 5.74) is 4.99. The van der Waals surface area contributed by atoms with Gasteiger partial charge in [-0.2, -0.15) is 0 Å². The van der Waals surface area contributed by atoms with Gasteiger partial charge >= 0.3 is 6.03 Å². The monoisotopic (exact) mass is 185 g/mol. The topological polar surface area (TPSA) is 75.4 Å². The summed E-state index contributed by atoms with van der Waals surface area (Å²) in [4.78, 5) is 23.3. The van der Waals surface area contributed by atoms with Crippen molar-refractivity contribution in [2.75, 3.05) is 13.1 Å². The van der Waals surface area contributed by atoms with E-state index in [2.05, 4.69) is 5.32 Å². The molecule has 0 aromatic carbocycles. The maximum atomic E-state index is 11.0. The summed E-state index contributed by atoms with van der Waals surface area (Å²) in [5, 5.41) is 2.61. The van der Waals surface area contributed by atoms with Crippen molar-refractivity contribution in [3.05, 3.63) is 0 Å². The van der Waals surface area contributed by atoms with Crippen molar-refractivity contribution in [2.45, 2.75) is 25.8 Å². The van der Waals surface area contributed by atoms with E-state index in [1.54, 1.807) is 4.90 Å². The Morgan fingerprint density at radius 1 is 1.54 bits per heavy atom. The van der Waals surface area contributed by atoms with E-state index < -0.39 is 6.03 Å². The Morgan fingerprint density at radius 2 is 2.23 bits per heavy atom. The highest BCUT2D eigenvalue weighted by molar-refractivity contribution is 5.74. The summed E-state index contributed by atoms with van der Waals surface area (Å²) in [5.74, 6) is 0.0518. The number of amides is 3. The van der Waals surface area contributed by atoms with Gasteiger partial charge in [0.25, 0.3) is 0 Å². The summed E-state index contributed by atoms with van der Waals surface area (Å²) < 4.78 is 0. The summed E-state index contributed by atoms with van der Waals surface area (Å²) >= 11 is 0. The fourth-order valence-corrected chi connectivity index (χ4v) is 1.58. The number of likely N-dealkylation sites (tertiary alicyclic amines) is 1. The number of piperidine rings is 1. The molecule has 1 fully saturated rings. The molecule has 0 radical (unpaired) electrons. The van der Waals surface area contributed by atoms with Crippen molar-refractivity contribution >= 4 is 11.9 Å². The SMILES string of the molecule is CC(=O)N1CCCC(NC(N)=O)C1. The minimum Gasteiger partial charge on any atom is -0.352 e. The Balaban J connectivity index is 2.41. The van der Waals surface area contributed by atoms with Crippen LogP contribution in [0.4, 0.5) is 4.79 Å². The fourth-order valence-electron chi connectivity index (χ4n) is 1.58. The van der Waals surface area contributed by atoms with Crippen LogP contribution in [0.25, 0.3) is 0 Å². The molecule has 5 heteroatoms. The van der Waals surface area contributed by atoms with Crippen molar-refractivity contribution in [2.24, 2.45) is 5.73 Å². The fraction of sp³-hybridized carbons (Fsp3) is 0.750. The minimum absolute atomic E-state index is 0.0233. The molecule has 0 saturated carbocycles. The number of carbonyl (C=O) groups excluding carboxylic acids is 2. The molecule has 0 aromatic heterocycles. The van der Waals surface area contributed by atoms with E-state index in [9.17, 15) is 9.59 Å². The number of nitrogens with zero attached hydrogens (tertiary/aromatic N) is 1. The Bertz CT molecular complexity index is 217. The highest BCUT2D eigenvalue weighted by atomic mass is 16.2. The van der Waals surface area contributed by atoms with Gasteiger partial charge in [-0.25, -0.2) is 4.79 Å². The second-order valence-electron chi connectivity index (χ2n) is 3.31. The number of urea groups is 1. The van der Waals surface area contributed by atoms with Crippen LogP contribution in [0.3, 0.4) is 0 Å². The molecule has 1 atom stereocenters. The average molecular weight is 185 g/mol. The van der Waals surface area contributed by atoms with E-state index in [1.165, 1.54) is 6.92 Å². The number of carbonyl (C=O) groups is 2. The van der Waals surface area contributed by atoms with Crippen molar-refractivity contribution in [3.8, 4) is 0 Å². The maximum absolute atomic E-state index is 11.0. The number of hydrogen-bond donors (Lipinski definition) is 2. The number of rotatable bonds is 1. The van der Waals surface area contributed by atoms with Crippen molar-refractivity contribution in [1.82, 2.24) is 10.2 Å². The van der Waals surface area contributed by atoms with Gasteiger partial charge in [0, 0.05) is 26.1 Å². The molecule has 74 valence electrons. The van der Waals surface area contributed by atoms with Gasteiger partial charge in [-0.1, -0.05) is 0 Å². The van der Waals surface area contributed by atoms with E-state index in [0.29, 0.717) is 6.54 Å². The zero-order chi connectivity index (χ0) is 9.84. The van der Waals surface area contributed by atoms with Crippen LogP contribution in [0, 0.1) is 0 Å². The smallest absolute Gasteiger partial charge is 0.312 e. The normalized spacial score (nSPS) is 22.5. The average Bonchev–Trinajstić information content (AvgIpc) is 2.03. The van der Waals surface area contributed by atoms with Crippen LogP contribution in [-0.4, -0.2) is 36.0 Å². The van der Waals surface area contributed by atoms with Gasteiger partial charge in [0.15, 0.2) is 0 Å². The molecule has 0 spiro atoms. The van der Waals surface area contributed by atoms with Gasteiger partial charge in [0.1, 0.15) is 0 Å².